The molecule has 0 aliphatic carbocycles. The first kappa shape index (κ1) is 18.7. The van der Waals surface area contributed by atoms with E-state index < -0.39 is 54.5 Å². The standard InChI is InChI=1S/C12H22N2O8/c1-12(11(20)21)2-5(16)8(14-7(18)3-13)10(22-12)9(19)6(17)4-15/h5-6,8-10,15-17,19H,2-4,13H2,1H3,(H,14,18)(H,20,21)/t5-,6-,8?,9-,10?,12-/m1/s1. The molecule has 0 aromatic carbocycles. The largest absolute Gasteiger partial charge is 0.479 e. The fourth-order valence-corrected chi connectivity index (χ4v) is 2.34. The summed E-state index contributed by atoms with van der Waals surface area (Å²) in [4.78, 5) is 22.7. The minimum atomic E-state index is -1.82. The highest BCUT2D eigenvalue weighted by atomic mass is 16.6. The number of hydrogen-bond donors (Lipinski definition) is 7. The number of amides is 1. The molecule has 2 unspecified atom stereocenters. The summed E-state index contributed by atoms with van der Waals surface area (Å²) in [5.74, 6) is -2.02. The summed E-state index contributed by atoms with van der Waals surface area (Å²) in [5.41, 5.74) is 3.35. The van der Waals surface area contributed by atoms with Crippen molar-refractivity contribution in [2.45, 2.75) is 49.4 Å². The first-order chi connectivity index (χ1) is 10.2. The fourth-order valence-electron chi connectivity index (χ4n) is 2.34. The third kappa shape index (κ3) is 3.91. The molecule has 1 amide bonds. The zero-order valence-corrected chi connectivity index (χ0v) is 12.0. The van der Waals surface area contributed by atoms with Crippen molar-refractivity contribution < 1.29 is 39.9 Å². The summed E-state index contributed by atoms with van der Waals surface area (Å²) in [6.07, 6.45) is -6.48. The highest BCUT2D eigenvalue weighted by Gasteiger charge is 2.52. The van der Waals surface area contributed by atoms with Crippen LogP contribution >= 0.6 is 0 Å². The summed E-state index contributed by atoms with van der Waals surface area (Å²) in [5, 5.41) is 50.1. The molecule has 0 saturated carbocycles. The van der Waals surface area contributed by atoms with Gasteiger partial charge in [-0.25, -0.2) is 4.79 Å². The lowest BCUT2D eigenvalue weighted by atomic mass is 9.84. The molecule has 0 radical (unpaired) electrons. The Morgan fingerprint density at radius 3 is 2.50 bits per heavy atom. The predicted molar refractivity (Wildman–Crippen MR) is 71.6 cm³/mol. The second-order valence-electron chi connectivity index (χ2n) is 5.43. The number of hydrogen-bond acceptors (Lipinski definition) is 8. The Hall–Kier alpha value is -1.30. The number of rotatable bonds is 6. The van der Waals surface area contributed by atoms with E-state index in [4.69, 9.17) is 15.6 Å². The number of aliphatic hydroxyl groups excluding tert-OH is 4. The van der Waals surface area contributed by atoms with Gasteiger partial charge in [-0.05, 0) is 6.92 Å². The van der Waals surface area contributed by atoms with Crippen LogP contribution in [0.4, 0.5) is 0 Å². The van der Waals surface area contributed by atoms with Crippen LogP contribution in [0.3, 0.4) is 0 Å². The van der Waals surface area contributed by atoms with Crippen molar-refractivity contribution in [2.24, 2.45) is 5.73 Å². The molecule has 1 aliphatic rings. The van der Waals surface area contributed by atoms with Crippen LogP contribution < -0.4 is 11.1 Å². The average molecular weight is 322 g/mol. The second kappa shape index (κ2) is 7.31. The van der Waals surface area contributed by atoms with Crippen LogP contribution in [0.2, 0.25) is 0 Å². The fraction of sp³-hybridized carbons (Fsp3) is 0.833. The molecule has 22 heavy (non-hydrogen) atoms. The molecule has 1 heterocycles. The number of aliphatic hydroxyl groups is 4. The Morgan fingerprint density at radius 2 is 2.05 bits per heavy atom. The summed E-state index contributed by atoms with van der Waals surface area (Å²) < 4.78 is 5.31. The van der Waals surface area contributed by atoms with Crippen molar-refractivity contribution in [2.75, 3.05) is 13.2 Å². The van der Waals surface area contributed by atoms with Crippen molar-refractivity contribution in [1.29, 1.82) is 0 Å². The van der Waals surface area contributed by atoms with Gasteiger partial charge in [0.2, 0.25) is 5.91 Å². The second-order valence-corrected chi connectivity index (χ2v) is 5.43. The number of carbonyl (C=O) groups excluding carboxylic acids is 1. The molecule has 128 valence electrons. The molecule has 1 aliphatic heterocycles. The Labute approximate surface area is 126 Å². The first-order valence-electron chi connectivity index (χ1n) is 6.72. The lowest BCUT2D eigenvalue weighted by Gasteiger charge is -2.45. The number of ether oxygens (including phenoxy) is 1. The van der Waals surface area contributed by atoms with Crippen LogP contribution in [0.1, 0.15) is 13.3 Å². The Balaban J connectivity index is 3.07. The third-order valence-electron chi connectivity index (χ3n) is 3.65. The smallest absolute Gasteiger partial charge is 0.335 e. The summed E-state index contributed by atoms with van der Waals surface area (Å²) >= 11 is 0. The van der Waals surface area contributed by atoms with Gasteiger partial charge < -0.3 is 41.3 Å². The van der Waals surface area contributed by atoms with Crippen molar-refractivity contribution in [3.8, 4) is 0 Å². The molecule has 0 aromatic rings. The van der Waals surface area contributed by atoms with Crippen molar-refractivity contribution in [3.63, 3.8) is 0 Å². The number of nitrogens with one attached hydrogen (secondary N) is 1. The highest BCUT2D eigenvalue weighted by Crippen LogP contribution is 2.31. The monoisotopic (exact) mass is 322 g/mol. The maximum atomic E-state index is 11.4. The van der Waals surface area contributed by atoms with E-state index in [1.54, 1.807) is 0 Å². The van der Waals surface area contributed by atoms with Gasteiger partial charge in [0.25, 0.3) is 0 Å². The van der Waals surface area contributed by atoms with Crippen LogP contribution in [0.25, 0.3) is 0 Å². The van der Waals surface area contributed by atoms with Gasteiger partial charge in [0, 0.05) is 6.42 Å². The molecule has 0 spiro atoms. The lowest BCUT2D eigenvalue weighted by molar-refractivity contribution is -0.224. The van der Waals surface area contributed by atoms with Crippen LogP contribution in [0.5, 0.6) is 0 Å². The van der Waals surface area contributed by atoms with Crippen LogP contribution in [-0.4, -0.2) is 86.6 Å². The Bertz CT molecular complexity index is 420. The Kier molecular flexibility index (Phi) is 6.23. The van der Waals surface area contributed by atoms with Crippen LogP contribution in [0.15, 0.2) is 0 Å². The molecule has 1 rings (SSSR count). The van der Waals surface area contributed by atoms with Gasteiger partial charge >= 0.3 is 5.97 Å². The van der Waals surface area contributed by atoms with E-state index >= 15 is 0 Å². The molecular weight excluding hydrogens is 300 g/mol. The van der Waals surface area contributed by atoms with Gasteiger partial charge in [-0.2, -0.15) is 0 Å². The molecule has 10 nitrogen and oxygen atoms in total. The molecule has 0 bridgehead atoms. The van der Waals surface area contributed by atoms with Crippen LogP contribution in [-0.2, 0) is 14.3 Å². The van der Waals surface area contributed by atoms with Crippen molar-refractivity contribution >= 4 is 11.9 Å². The maximum absolute atomic E-state index is 11.4. The van der Waals surface area contributed by atoms with Gasteiger partial charge in [-0.3, -0.25) is 4.79 Å². The van der Waals surface area contributed by atoms with Gasteiger partial charge in [0.05, 0.1) is 25.3 Å². The number of aliphatic carboxylic acids is 1. The Morgan fingerprint density at radius 1 is 1.45 bits per heavy atom. The zero-order valence-electron chi connectivity index (χ0n) is 12.0. The molecule has 1 fully saturated rings. The number of carboxylic acid groups (broad SMARTS) is 1. The number of nitrogens with two attached hydrogens (primary N) is 1. The molecule has 6 atom stereocenters. The third-order valence-corrected chi connectivity index (χ3v) is 3.65. The van der Waals surface area contributed by atoms with Crippen molar-refractivity contribution in [1.82, 2.24) is 5.32 Å². The van der Waals surface area contributed by atoms with E-state index in [0.717, 1.165) is 0 Å². The minimum Gasteiger partial charge on any atom is -0.479 e. The average Bonchev–Trinajstić information content (AvgIpc) is 2.47. The quantitative estimate of drug-likeness (QED) is 0.257. The topological polar surface area (TPSA) is 183 Å². The maximum Gasteiger partial charge on any atom is 0.335 e. The van der Waals surface area contributed by atoms with Gasteiger partial charge in [0.1, 0.15) is 18.3 Å². The van der Waals surface area contributed by atoms with Crippen molar-refractivity contribution in [3.05, 3.63) is 0 Å². The van der Waals surface area contributed by atoms with Gasteiger partial charge in [-0.1, -0.05) is 0 Å². The SMILES string of the molecule is C[C@]1(C(=O)O)C[C@@H](O)C(NC(=O)CN)C([C@H](O)[C@H](O)CO)O1. The molecule has 0 aromatic heterocycles. The number of carbonyl (C=O) groups is 2. The van der Waals surface area contributed by atoms with Crippen LogP contribution in [0, 0.1) is 0 Å². The first-order valence-corrected chi connectivity index (χ1v) is 6.72. The highest BCUT2D eigenvalue weighted by molar-refractivity contribution is 5.79. The van der Waals surface area contributed by atoms with E-state index in [9.17, 15) is 30.0 Å². The van der Waals surface area contributed by atoms with E-state index in [0.29, 0.717) is 0 Å². The normalized spacial score (nSPS) is 34.7. The van der Waals surface area contributed by atoms with E-state index in [1.165, 1.54) is 6.92 Å². The molecular formula is C12H22N2O8. The summed E-state index contributed by atoms with van der Waals surface area (Å²) in [6.45, 7) is 0.00776. The predicted octanol–water partition coefficient (Wildman–Crippen LogP) is -3.86. The zero-order chi connectivity index (χ0) is 17.1. The van der Waals surface area contributed by atoms with Gasteiger partial charge in [0.15, 0.2) is 5.60 Å². The number of carboxylic acids is 1. The molecule has 1 saturated heterocycles. The molecule has 10 heteroatoms. The van der Waals surface area contributed by atoms with E-state index in [-0.39, 0.29) is 13.0 Å². The van der Waals surface area contributed by atoms with E-state index in [1.807, 2.05) is 0 Å². The summed E-state index contributed by atoms with van der Waals surface area (Å²) in [6, 6.07) is -1.18. The minimum absolute atomic E-state index is 0.337. The van der Waals surface area contributed by atoms with E-state index in [2.05, 4.69) is 5.32 Å². The lowest BCUT2D eigenvalue weighted by Crippen LogP contribution is -2.67. The van der Waals surface area contributed by atoms with Gasteiger partial charge in [-0.15, -0.1) is 0 Å². The summed E-state index contributed by atoms with van der Waals surface area (Å²) in [7, 11) is 0. The molecule has 8 N–H and O–H groups in total.